The van der Waals surface area contributed by atoms with Crippen LogP contribution in [0.25, 0.3) is 6.08 Å². The van der Waals surface area contributed by atoms with Crippen LogP contribution in [-0.4, -0.2) is 6.21 Å². The zero-order chi connectivity index (χ0) is 8.81. The van der Waals surface area contributed by atoms with Crippen molar-refractivity contribution in [3.63, 3.8) is 0 Å². The van der Waals surface area contributed by atoms with Crippen LogP contribution in [0.5, 0.6) is 0 Å². The maximum atomic E-state index is 5.70. The molecular formula is C9H9ClN2. The van der Waals surface area contributed by atoms with E-state index in [1.165, 1.54) is 6.21 Å². The molecule has 0 unspecified atom stereocenters. The van der Waals surface area contributed by atoms with Crippen molar-refractivity contribution in [2.24, 2.45) is 10.9 Å². The van der Waals surface area contributed by atoms with E-state index in [2.05, 4.69) is 5.10 Å². The number of allylic oxidation sites excluding steroid dienone is 1. The number of hydrogen-bond donors (Lipinski definition) is 1. The molecule has 0 saturated heterocycles. The van der Waals surface area contributed by atoms with Crippen LogP contribution in [0.2, 0.25) is 5.02 Å². The molecule has 0 saturated carbocycles. The van der Waals surface area contributed by atoms with Crippen LogP contribution in [0.1, 0.15) is 5.56 Å². The molecule has 0 aliphatic rings. The van der Waals surface area contributed by atoms with Crippen LogP contribution < -0.4 is 5.84 Å². The first-order valence-corrected chi connectivity index (χ1v) is 3.86. The largest absolute Gasteiger partial charge is 0.323 e. The Balaban J connectivity index is 2.70. The highest BCUT2D eigenvalue weighted by atomic mass is 35.5. The van der Waals surface area contributed by atoms with Crippen LogP contribution in [-0.2, 0) is 0 Å². The van der Waals surface area contributed by atoms with Gasteiger partial charge < -0.3 is 5.84 Å². The third-order valence-corrected chi connectivity index (χ3v) is 1.58. The quantitative estimate of drug-likeness (QED) is 0.423. The van der Waals surface area contributed by atoms with Crippen molar-refractivity contribution in [2.75, 3.05) is 0 Å². The van der Waals surface area contributed by atoms with Crippen molar-refractivity contribution < 1.29 is 0 Å². The van der Waals surface area contributed by atoms with Gasteiger partial charge in [-0.25, -0.2) is 0 Å². The first-order chi connectivity index (χ1) is 5.83. The van der Waals surface area contributed by atoms with Gasteiger partial charge in [-0.2, -0.15) is 5.10 Å². The van der Waals surface area contributed by atoms with Gasteiger partial charge in [-0.3, -0.25) is 0 Å². The molecule has 0 aliphatic carbocycles. The summed E-state index contributed by atoms with van der Waals surface area (Å²) in [6, 6.07) is 7.51. The van der Waals surface area contributed by atoms with Crippen molar-refractivity contribution in [1.82, 2.24) is 0 Å². The third-order valence-electron chi connectivity index (χ3n) is 1.33. The van der Waals surface area contributed by atoms with Gasteiger partial charge in [0.25, 0.3) is 0 Å². The van der Waals surface area contributed by atoms with Crippen molar-refractivity contribution >= 4 is 23.9 Å². The number of benzene rings is 1. The highest BCUT2D eigenvalue weighted by Gasteiger charge is 1.85. The van der Waals surface area contributed by atoms with E-state index in [4.69, 9.17) is 17.4 Å². The summed E-state index contributed by atoms with van der Waals surface area (Å²) in [6.45, 7) is 0. The molecule has 12 heavy (non-hydrogen) atoms. The SMILES string of the molecule is N/N=C/C=C/c1ccc(Cl)cc1. The lowest BCUT2D eigenvalue weighted by Crippen LogP contribution is -1.78. The summed E-state index contributed by atoms with van der Waals surface area (Å²) < 4.78 is 0. The standard InChI is InChI=1S/C9H9ClN2/c10-9-5-3-8(4-6-9)2-1-7-12-11/h1-7H,11H2/b2-1+,12-7+. The van der Waals surface area contributed by atoms with Crippen molar-refractivity contribution in [3.05, 3.63) is 40.9 Å². The Labute approximate surface area is 76.3 Å². The Morgan fingerprint density at radius 3 is 2.50 bits per heavy atom. The summed E-state index contributed by atoms with van der Waals surface area (Å²) in [5.74, 6) is 4.91. The zero-order valence-corrected chi connectivity index (χ0v) is 7.20. The van der Waals surface area contributed by atoms with Crippen LogP contribution in [0.15, 0.2) is 35.4 Å². The molecule has 0 spiro atoms. The van der Waals surface area contributed by atoms with Gasteiger partial charge in [0.05, 0.1) is 0 Å². The predicted molar refractivity (Wildman–Crippen MR) is 53.2 cm³/mol. The summed E-state index contributed by atoms with van der Waals surface area (Å²) in [7, 11) is 0. The predicted octanol–water partition coefficient (Wildman–Crippen LogP) is 2.30. The van der Waals surface area contributed by atoms with Gasteiger partial charge in [0.15, 0.2) is 0 Å². The lowest BCUT2D eigenvalue weighted by atomic mass is 10.2. The van der Waals surface area contributed by atoms with Gasteiger partial charge in [0, 0.05) is 11.2 Å². The maximum absolute atomic E-state index is 5.70. The van der Waals surface area contributed by atoms with Gasteiger partial charge in [-0.1, -0.05) is 29.8 Å². The molecule has 0 fully saturated rings. The van der Waals surface area contributed by atoms with E-state index in [-0.39, 0.29) is 0 Å². The van der Waals surface area contributed by atoms with E-state index >= 15 is 0 Å². The second-order valence-electron chi connectivity index (χ2n) is 2.21. The fourth-order valence-corrected chi connectivity index (χ4v) is 0.904. The zero-order valence-electron chi connectivity index (χ0n) is 6.44. The molecule has 1 rings (SSSR count). The van der Waals surface area contributed by atoms with Crippen LogP contribution in [0, 0.1) is 0 Å². The average molecular weight is 181 g/mol. The Bertz CT molecular complexity index is 288. The Kier molecular flexibility index (Phi) is 3.35. The van der Waals surface area contributed by atoms with Gasteiger partial charge in [0.2, 0.25) is 0 Å². The number of hydrazone groups is 1. The van der Waals surface area contributed by atoms with E-state index in [1.807, 2.05) is 30.3 Å². The molecule has 0 radical (unpaired) electrons. The van der Waals surface area contributed by atoms with Crippen LogP contribution in [0.4, 0.5) is 0 Å². The van der Waals surface area contributed by atoms with Crippen molar-refractivity contribution in [3.8, 4) is 0 Å². The normalized spacial score (nSPS) is 11.4. The molecule has 1 aromatic carbocycles. The molecule has 0 aromatic heterocycles. The highest BCUT2D eigenvalue weighted by Crippen LogP contribution is 2.10. The van der Waals surface area contributed by atoms with Gasteiger partial charge in [-0.15, -0.1) is 0 Å². The van der Waals surface area contributed by atoms with Gasteiger partial charge in [0.1, 0.15) is 0 Å². The molecule has 3 heteroatoms. The number of rotatable bonds is 2. The maximum Gasteiger partial charge on any atom is 0.0465 e. The Morgan fingerprint density at radius 2 is 1.92 bits per heavy atom. The summed E-state index contributed by atoms with van der Waals surface area (Å²) in [6.07, 6.45) is 5.19. The lowest BCUT2D eigenvalue weighted by molar-refractivity contribution is 1.27. The lowest BCUT2D eigenvalue weighted by Gasteiger charge is -1.91. The number of hydrogen-bond acceptors (Lipinski definition) is 2. The molecule has 0 bridgehead atoms. The fourth-order valence-electron chi connectivity index (χ4n) is 0.778. The molecule has 0 aliphatic heterocycles. The molecule has 0 atom stereocenters. The Morgan fingerprint density at radius 1 is 1.25 bits per heavy atom. The molecule has 0 amide bonds. The molecule has 2 N–H and O–H groups in total. The number of halogens is 1. The highest BCUT2D eigenvalue weighted by molar-refractivity contribution is 6.30. The minimum absolute atomic E-state index is 0.736. The Hall–Kier alpha value is -1.28. The fraction of sp³-hybridized carbons (Fsp3) is 0. The average Bonchev–Trinajstić information content (AvgIpc) is 2.09. The summed E-state index contributed by atoms with van der Waals surface area (Å²) in [5, 5.41) is 4.07. The molecular weight excluding hydrogens is 172 g/mol. The smallest absolute Gasteiger partial charge is 0.0465 e. The second-order valence-corrected chi connectivity index (χ2v) is 2.65. The minimum Gasteiger partial charge on any atom is -0.323 e. The van der Waals surface area contributed by atoms with Crippen molar-refractivity contribution in [2.45, 2.75) is 0 Å². The monoisotopic (exact) mass is 180 g/mol. The van der Waals surface area contributed by atoms with E-state index in [9.17, 15) is 0 Å². The van der Waals surface area contributed by atoms with Crippen LogP contribution in [0.3, 0.4) is 0 Å². The molecule has 0 heterocycles. The van der Waals surface area contributed by atoms with E-state index in [0.29, 0.717) is 0 Å². The third kappa shape index (κ3) is 2.76. The molecule has 1 aromatic rings. The van der Waals surface area contributed by atoms with Gasteiger partial charge >= 0.3 is 0 Å². The summed E-state index contributed by atoms with van der Waals surface area (Å²) >= 11 is 5.70. The summed E-state index contributed by atoms with van der Waals surface area (Å²) in [4.78, 5) is 0. The first-order valence-electron chi connectivity index (χ1n) is 3.48. The molecule has 2 nitrogen and oxygen atoms in total. The second kappa shape index (κ2) is 4.57. The van der Waals surface area contributed by atoms with E-state index in [0.717, 1.165) is 10.6 Å². The topological polar surface area (TPSA) is 38.4 Å². The van der Waals surface area contributed by atoms with E-state index in [1.54, 1.807) is 6.08 Å². The summed E-state index contributed by atoms with van der Waals surface area (Å²) in [5.41, 5.74) is 1.07. The number of nitrogens with zero attached hydrogens (tertiary/aromatic N) is 1. The van der Waals surface area contributed by atoms with E-state index < -0.39 is 0 Å². The van der Waals surface area contributed by atoms with Crippen LogP contribution >= 0.6 is 11.6 Å². The van der Waals surface area contributed by atoms with Crippen molar-refractivity contribution in [1.29, 1.82) is 0 Å². The molecule has 62 valence electrons. The minimum atomic E-state index is 0.736. The van der Waals surface area contributed by atoms with Gasteiger partial charge in [-0.05, 0) is 23.8 Å². The first kappa shape index (κ1) is 8.81. The number of nitrogens with two attached hydrogens (primary N) is 1.